The predicted octanol–water partition coefficient (Wildman–Crippen LogP) is 2.06. The van der Waals surface area contributed by atoms with Crippen molar-refractivity contribution in [3.8, 4) is 5.75 Å². The summed E-state index contributed by atoms with van der Waals surface area (Å²) in [5, 5.41) is 11.0. The second-order valence-electron chi connectivity index (χ2n) is 4.18. The van der Waals surface area contributed by atoms with Crippen molar-refractivity contribution < 1.29 is 32.6 Å². The van der Waals surface area contributed by atoms with E-state index in [1.807, 2.05) is 0 Å². The number of alkyl halides is 3. The van der Waals surface area contributed by atoms with E-state index in [1.54, 1.807) is 6.92 Å². The maximum atomic E-state index is 12.3. The highest BCUT2D eigenvalue weighted by Gasteiger charge is 2.30. The van der Waals surface area contributed by atoms with Crippen molar-refractivity contribution in [3.05, 3.63) is 29.8 Å². The number of benzene rings is 1. The molecule has 1 atom stereocenters. The van der Waals surface area contributed by atoms with Gasteiger partial charge in [-0.05, 0) is 30.7 Å². The molecule has 1 aromatic rings. The Labute approximate surface area is 118 Å². The van der Waals surface area contributed by atoms with Gasteiger partial charge in [0.05, 0.1) is 5.56 Å². The minimum Gasteiger partial charge on any atom is -0.484 e. The Hall–Kier alpha value is -2.25. The van der Waals surface area contributed by atoms with Crippen molar-refractivity contribution in [3.63, 3.8) is 0 Å². The Balaban J connectivity index is 2.52. The van der Waals surface area contributed by atoms with Crippen LogP contribution in [0.3, 0.4) is 0 Å². The normalized spacial score (nSPS) is 12.6. The van der Waals surface area contributed by atoms with Gasteiger partial charge < -0.3 is 15.2 Å². The van der Waals surface area contributed by atoms with Gasteiger partial charge in [-0.15, -0.1) is 0 Å². The molecule has 1 rings (SSSR count). The van der Waals surface area contributed by atoms with E-state index in [9.17, 15) is 22.8 Å². The van der Waals surface area contributed by atoms with Crippen LogP contribution in [0.1, 0.15) is 18.9 Å². The molecule has 0 aliphatic rings. The highest BCUT2D eigenvalue weighted by molar-refractivity contribution is 5.84. The second-order valence-corrected chi connectivity index (χ2v) is 4.18. The van der Waals surface area contributed by atoms with Crippen LogP contribution in [0.2, 0.25) is 0 Å². The van der Waals surface area contributed by atoms with E-state index >= 15 is 0 Å². The molecule has 0 saturated carbocycles. The Morgan fingerprint density at radius 1 is 1.29 bits per heavy atom. The summed E-state index contributed by atoms with van der Waals surface area (Å²) in [6.07, 6.45) is -4.23. The van der Waals surface area contributed by atoms with Crippen molar-refractivity contribution in [1.82, 2.24) is 5.32 Å². The van der Waals surface area contributed by atoms with Gasteiger partial charge in [0.25, 0.3) is 5.91 Å². The van der Waals surface area contributed by atoms with E-state index in [0.29, 0.717) is 0 Å². The number of nitrogens with one attached hydrogen (secondary N) is 1. The van der Waals surface area contributed by atoms with Crippen molar-refractivity contribution in [1.29, 1.82) is 0 Å². The summed E-state index contributed by atoms with van der Waals surface area (Å²) in [6, 6.07) is 2.82. The lowest BCUT2D eigenvalue weighted by Crippen LogP contribution is -2.42. The number of hydrogen-bond donors (Lipinski definition) is 2. The summed E-state index contributed by atoms with van der Waals surface area (Å²) in [4.78, 5) is 22.1. The maximum Gasteiger partial charge on any atom is 0.416 e. The molecule has 2 N–H and O–H groups in total. The molecule has 0 radical (unpaired) electrons. The zero-order valence-electron chi connectivity index (χ0n) is 11.1. The molecular weight excluding hydrogens is 291 g/mol. The van der Waals surface area contributed by atoms with Gasteiger partial charge in [-0.1, -0.05) is 6.92 Å². The Morgan fingerprint density at radius 3 is 2.29 bits per heavy atom. The van der Waals surface area contributed by atoms with Gasteiger partial charge in [-0.25, -0.2) is 4.79 Å². The fourth-order valence-electron chi connectivity index (χ4n) is 1.46. The quantitative estimate of drug-likeness (QED) is 0.843. The number of carboxylic acids is 1. The molecule has 0 spiro atoms. The summed E-state index contributed by atoms with van der Waals surface area (Å²) in [5.41, 5.74) is -0.823. The van der Waals surface area contributed by atoms with Crippen LogP contribution in [0.25, 0.3) is 0 Å². The number of carbonyl (C=O) groups is 2. The SMILES string of the molecule is CCC(NC(=O)COc1ccc(C(F)(F)F)cc1)C(=O)O. The van der Waals surface area contributed by atoms with Crippen LogP contribution < -0.4 is 10.1 Å². The first kappa shape index (κ1) is 16.8. The highest BCUT2D eigenvalue weighted by Crippen LogP contribution is 2.30. The third-order valence-corrected chi connectivity index (χ3v) is 2.59. The molecule has 0 bridgehead atoms. The Morgan fingerprint density at radius 2 is 1.86 bits per heavy atom. The van der Waals surface area contributed by atoms with Gasteiger partial charge in [-0.2, -0.15) is 13.2 Å². The molecule has 0 aromatic heterocycles. The number of amides is 1. The van der Waals surface area contributed by atoms with E-state index in [0.717, 1.165) is 24.3 Å². The van der Waals surface area contributed by atoms with E-state index in [-0.39, 0.29) is 12.2 Å². The second kappa shape index (κ2) is 6.96. The first-order valence-electron chi connectivity index (χ1n) is 6.06. The van der Waals surface area contributed by atoms with E-state index in [1.165, 1.54) is 0 Å². The fourth-order valence-corrected chi connectivity index (χ4v) is 1.46. The zero-order valence-corrected chi connectivity index (χ0v) is 11.1. The number of halogens is 3. The van der Waals surface area contributed by atoms with Gasteiger partial charge in [-0.3, -0.25) is 4.79 Å². The van der Waals surface area contributed by atoms with Crippen LogP contribution in [0, 0.1) is 0 Å². The molecule has 0 aliphatic heterocycles. The lowest BCUT2D eigenvalue weighted by Gasteiger charge is -2.13. The summed E-state index contributed by atoms with van der Waals surface area (Å²) in [7, 11) is 0. The van der Waals surface area contributed by atoms with Crippen LogP contribution in [0.5, 0.6) is 5.75 Å². The van der Waals surface area contributed by atoms with Crippen LogP contribution in [-0.4, -0.2) is 29.6 Å². The first-order chi connectivity index (χ1) is 9.74. The van der Waals surface area contributed by atoms with Crippen molar-refractivity contribution in [2.24, 2.45) is 0 Å². The topological polar surface area (TPSA) is 75.6 Å². The molecule has 5 nitrogen and oxygen atoms in total. The molecule has 1 aromatic carbocycles. The van der Waals surface area contributed by atoms with E-state index in [4.69, 9.17) is 9.84 Å². The number of carbonyl (C=O) groups excluding carboxylic acids is 1. The number of hydrogen-bond acceptors (Lipinski definition) is 3. The maximum absolute atomic E-state index is 12.3. The molecule has 116 valence electrons. The minimum atomic E-state index is -4.44. The molecule has 1 unspecified atom stereocenters. The van der Waals surface area contributed by atoms with Gasteiger partial charge in [0.15, 0.2) is 6.61 Å². The van der Waals surface area contributed by atoms with E-state index < -0.39 is 36.3 Å². The Bertz CT molecular complexity index is 499. The lowest BCUT2D eigenvalue weighted by atomic mass is 10.2. The standard InChI is InChI=1S/C13H14F3NO4/c1-2-10(12(19)20)17-11(18)7-21-9-5-3-8(4-6-9)13(14,15)16/h3-6,10H,2,7H2,1H3,(H,17,18)(H,19,20). The predicted molar refractivity (Wildman–Crippen MR) is 66.8 cm³/mol. The van der Waals surface area contributed by atoms with Gasteiger partial charge in [0.1, 0.15) is 11.8 Å². The largest absolute Gasteiger partial charge is 0.484 e. The smallest absolute Gasteiger partial charge is 0.416 e. The first-order valence-corrected chi connectivity index (χ1v) is 6.06. The molecule has 0 saturated heterocycles. The molecule has 0 heterocycles. The number of rotatable bonds is 6. The average molecular weight is 305 g/mol. The third kappa shape index (κ3) is 5.33. The molecule has 21 heavy (non-hydrogen) atoms. The van der Waals surface area contributed by atoms with Crippen LogP contribution >= 0.6 is 0 Å². The Kier molecular flexibility index (Phi) is 5.57. The molecule has 1 amide bonds. The van der Waals surface area contributed by atoms with Crippen molar-refractivity contribution in [2.75, 3.05) is 6.61 Å². The lowest BCUT2D eigenvalue weighted by molar-refractivity contribution is -0.142. The van der Waals surface area contributed by atoms with Gasteiger partial charge in [0.2, 0.25) is 0 Å². The zero-order chi connectivity index (χ0) is 16.0. The number of aliphatic carboxylic acids is 1. The average Bonchev–Trinajstić information content (AvgIpc) is 2.41. The highest BCUT2D eigenvalue weighted by atomic mass is 19.4. The number of ether oxygens (including phenoxy) is 1. The molecule has 8 heteroatoms. The van der Waals surface area contributed by atoms with Crippen LogP contribution in [0.4, 0.5) is 13.2 Å². The van der Waals surface area contributed by atoms with Crippen molar-refractivity contribution in [2.45, 2.75) is 25.6 Å². The fraction of sp³-hybridized carbons (Fsp3) is 0.385. The summed E-state index contributed by atoms with van der Waals surface area (Å²) < 4.78 is 42.0. The van der Waals surface area contributed by atoms with Crippen molar-refractivity contribution >= 4 is 11.9 Å². The molecular formula is C13H14F3NO4. The van der Waals surface area contributed by atoms with Crippen LogP contribution in [-0.2, 0) is 15.8 Å². The summed E-state index contributed by atoms with van der Waals surface area (Å²) in [6.45, 7) is 1.12. The van der Waals surface area contributed by atoms with Gasteiger partial charge in [0, 0.05) is 0 Å². The van der Waals surface area contributed by atoms with Crippen LogP contribution in [0.15, 0.2) is 24.3 Å². The monoisotopic (exact) mass is 305 g/mol. The summed E-state index contributed by atoms with van der Waals surface area (Å²) >= 11 is 0. The summed E-state index contributed by atoms with van der Waals surface area (Å²) in [5.74, 6) is -1.74. The number of carboxylic acid groups (broad SMARTS) is 1. The van der Waals surface area contributed by atoms with Gasteiger partial charge >= 0.3 is 12.1 Å². The molecule has 0 aliphatic carbocycles. The van der Waals surface area contributed by atoms with E-state index in [2.05, 4.69) is 5.32 Å². The molecule has 0 fully saturated rings. The third-order valence-electron chi connectivity index (χ3n) is 2.59. The minimum absolute atomic E-state index is 0.0847.